The number of halogens is 2. The molecule has 0 bridgehead atoms. The first-order valence-electron chi connectivity index (χ1n) is 5.51. The van der Waals surface area contributed by atoms with E-state index in [1.807, 2.05) is 0 Å². The molecule has 20 heavy (non-hydrogen) atoms. The highest BCUT2D eigenvalue weighted by Crippen LogP contribution is 2.19. The Kier molecular flexibility index (Phi) is 4.11. The monoisotopic (exact) mass is 281 g/mol. The van der Waals surface area contributed by atoms with Gasteiger partial charge >= 0.3 is 7.12 Å². The van der Waals surface area contributed by atoms with Crippen molar-refractivity contribution in [1.29, 1.82) is 0 Å². The topological polar surface area (TPSA) is 101 Å². The van der Waals surface area contributed by atoms with Gasteiger partial charge in [-0.1, -0.05) is 0 Å². The summed E-state index contributed by atoms with van der Waals surface area (Å²) in [5, 5.41) is 18.0. The summed E-state index contributed by atoms with van der Waals surface area (Å²) < 4.78 is 31.9. The van der Waals surface area contributed by atoms with Crippen molar-refractivity contribution >= 4 is 18.4 Å². The summed E-state index contributed by atoms with van der Waals surface area (Å²) in [5.41, 5.74) is 5.27. The van der Waals surface area contributed by atoms with Crippen LogP contribution in [0.25, 0.3) is 0 Å². The first-order chi connectivity index (χ1) is 9.49. The number of hydrogen-bond acceptors (Lipinski definition) is 6. The Balaban J connectivity index is 2.20. The van der Waals surface area contributed by atoms with Crippen molar-refractivity contribution in [3.8, 4) is 5.75 Å². The zero-order chi connectivity index (χ0) is 14.7. The van der Waals surface area contributed by atoms with Gasteiger partial charge < -0.3 is 20.5 Å². The normalized spacial score (nSPS) is 10.4. The van der Waals surface area contributed by atoms with E-state index in [9.17, 15) is 8.78 Å². The molecule has 0 unspecified atom stereocenters. The van der Waals surface area contributed by atoms with Crippen LogP contribution in [0.15, 0.2) is 24.7 Å². The molecule has 0 spiro atoms. The van der Waals surface area contributed by atoms with Gasteiger partial charge in [-0.05, 0) is 6.07 Å². The molecule has 0 aromatic carbocycles. The van der Waals surface area contributed by atoms with Crippen LogP contribution in [0.1, 0.15) is 5.56 Å². The fourth-order valence-electron chi connectivity index (χ4n) is 1.45. The summed E-state index contributed by atoms with van der Waals surface area (Å²) in [6, 6.07) is 1.23. The maximum atomic E-state index is 13.4. The third kappa shape index (κ3) is 3.01. The molecule has 2 aromatic rings. The Morgan fingerprint density at radius 2 is 1.85 bits per heavy atom. The van der Waals surface area contributed by atoms with Gasteiger partial charge in [0, 0.05) is 11.7 Å². The lowest BCUT2D eigenvalue weighted by molar-refractivity contribution is 0.292. The third-order valence-electron chi connectivity index (χ3n) is 2.53. The smallest absolute Gasteiger partial charge is 0.485 e. The lowest BCUT2D eigenvalue weighted by Gasteiger charge is -2.10. The molecule has 0 radical (unpaired) electrons. The Morgan fingerprint density at radius 3 is 2.45 bits per heavy atom. The number of ether oxygens (including phenoxy) is 1. The molecular formula is C11H10BF2N3O3. The molecule has 0 aliphatic rings. The average molecular weight is 281 g/mol. The highest BCUT2D eigenvalue weighted by molar-refractivity contribution is 6.58. The Morgan fingerprint density at radius 1 is 1.20 bits per heavy atom. The van der Waals surface area contributed by atoms with Crippen LogP contribution in [-0.4, -0.2) is 27.1 Å². The molecule has 0 amide bonds. The van der Waals surface area contributed by atoms with Crippen molar-refractivity contribution in [2.24, 2.45) is 0 Å². The zero-order valence-electron chi connectivity index (χ0n) is 10.1. The van der Waals surface area contributed by atoms with E-state index in [0.717, 1.165) is 18.6 Å². The van der Waals surface area contributed by atoms with Crippen molar-refractivity contribution in [2.45, 2.75) is 6.61 Å². The maximum absolute atomic E-state index is 13.4. The summed E-state index contributed by atoms with van der Waals surface area (Å²) >= 11 is 0. The molecule has 0 aliphatic carbocycles. The quantitative estimate of drug-likeness (QED) is 0.659. The van der Waals surface area contributed by atoms with Crippen LogP contribution in [0.5, 0.6) is 5.75 Å². The van der Waals surface area contributed by atoms with Crippen LogP contribution >= 0.6 is 0 Å². The van der Waals surface area contributed by atoms with Crippen LogP contribution in [0, 0.1) is 11.6 Å². The Hall–Kier alpha value is -2.26. The van der Waals surface area contributed by atoms with Crippen LogP contribution in [0.3, 0.4) is 0 Å². The number of nitrogens with zero attached hydrogens (tertiary/aromatic N) is 2. The molecular weight excluding hydrogens is 271 g/mol. The molecule has 2 heterocycles. The van der Waals surface area contributed by atoms with Crippen LogP contribution in [0.2, 0.25) is 0 Å². The molecule has 6 nitrogen and oxygen atoms in total. The molecule has 9 heteroatoms. The van der Waals surface area contributed by atoms with E-state index in [-0.39, 0.29) is 22.6 Å². The molecule has 2 aromatic heterocycles. The minimum atomic E-state index is -1.75. The van der Waals surface area contributed by atoms with Crippen molar-refractivity contribution in [3.05, 3.63) is 41.9 Å². The van der Waals surface area contributed by atoms with Gasteiger partial charge in [0.1, 0.15) is 6.61 Å². The lowest BCUT2D eigenvalue weighted by atomic mass is 9.81. The predicted molar refractivity (Wildman–Crippen MR) is 67.0 cm³/mol. The van der Waals surface area contributed by atoms with Crippen molar-refractivity contribution in [1.82, 2.24) is 9.97 Å². The number of hydrogen-bond donors (Lipinski definition) is 3. The van der Waals surface area contributed by atoms with Gasteiger partial charge in [-0.25, -0.2) is 13.8 Å². The lowest BCUT2D eigenvalue weighted by Crippen LogP contribution is -2.30. The fraction of sp³-hybridized carbons (Fsp3) is 0.0909. The highest BCUT2D eigenvalue weighted by atomic mass is 19.1. The van der Waals surface area contributed by atoms with E-state index in [0.29, 0.717) is 0 Å². The molecule has 0 fully saturated rings. The summed E-state index contributed by atoms with van der Waals surface area (Å²) in [6.07, 6.45) is 2.87. The van der Waals surface area contributed by atoms with Gasteiger partial charge in [-0.2, -0.15) is 0 Å². The average Bonchev–Trinajstić information content (AvgIpc) is 2.39. The van der Waals surface area contributed by atoms with Crippen LogP contribution in [-0.2, 0) is 6.61 Å². The first-order valence-corrected chi connectivity index (χ1v) is 5.51. The number of pyridine rings is 2. The number of nitrogen functional groups attached to an aromatic ring is 1. The standard InChI is InChI=1S/C11H10BF2N3O3/c13-8-3-16-4-9(14)7(8)5-20-10-1-6(12(18)19)2-17-11(10)15/h1-4,18-19H,5H2,(H2,15,17). The first kappa shape index (κ1) is 14.2. The number of anilines is 1. The summed E-state index contributed by atoms with van der Waals surface area (Å²) in [5.74, 6) is -1.75. The maximum Gasteiger partial charge on any atom is 0.490 e. The molecule has 0 aliphatic heterocycles. The van der Waals surface area contributed by atoms with Crippen LogP contribution < -0.4 is 15.9 Å². The van der Waals surface area contributed by atoms with E-state index in [1.54, 1.807) is 0 Å². The van der Waals surface area contributed by atoms with Gasteiger partial charge in [0.05, 0.1) is 18.0 Å². The third-order valence-corrected chi connectivity index (χ3v) is 2.53. The molecule has 104 valence electrons. The van der Waals surface area contributed by atoms with Gasteiger partial charge in [-0.15, -0.1) is 0 Å². The zero-order valence-corrected chi connectivity index (χ0v) is 10.1. The van der Waals surface area contributed by atoms with Crippen molar-refractivity contribution in [2.75, 3.05) is 5.73 Å². The minimum Gasteiger partial charge on any atom is -0.485 e. The summed E-state index contributed by atoms with van der Waals surface area (Å²) in [7, 11) is -1.75. The SMILES string of the molecule is Nc1ncc(B(O)O)cc1OCc1c(F)cncc1F. The van der Waals surface area contributed by atoms with E-state index < -0.39 is 25.4 Å². The largest absolute Gasteiger partial charge is 0.490 e. The Bertz CT molecular complexity index is 608. The minimum absolute atomic E-state index is 0.00814. The molecule has 4 N–H and O–H groups in total. The predicted octanol–water partition coefficient (Wildman–Crippen LogP) is -0.404. The van der Waals surface area contributed by atoms with Crippen molar-refractivity contribution in [3.63, 3.8) is 0 Å². The number of rotatable bonds is 4. The second kappa shape index (κ2) is 5.80. The van der Waals surface area contributed by atoms with Gasteiger partial charge in [-0.3, -0.25) is 4.98 Å². The number of nitrogens with two attached hydrogens (primary N) is 1. The van der Waals surface area contributed by atoms with E-state index in [2.05, 4.69) is 9.97 Å². The van der Waals surface area contributed by atoms with Crippen LogP contribution in [0.4, 0.5) is 14.6 Å². The number of aromatic nitrogens is 2. The van der Waals surface area contributed by atoms with Crippen molar-refractivity contribution < 1.29 is 23.6 Å². The molecule has 0 saturated carbocycles. The van der Waals surface area contributed by atoms with Gasteiger partial charge in [0.2, 0.25) is 0 Å². The van der Waals surface area contributed by atoms with E-state index >= 15 is 0 Å². The highest BCUT2D eigenvalue weighted by Gasteiger charge is 2.16. The Labute approximate surface area is 113 Å². The molecule has 0 saturated heterocycles. The van der Waals surface area contributed by atoms with E-state index in [4.69, 9.17) is 20.5 Å². The van der Waals surface area contributed by atoms with Gasteiger partial charge in [0.25, 0.3) is 0 Å². The second-order valence-electron chi connectivity index (χ2n) is 3.90. The van der Waals surface area contributed by atoms with E-state index in [1.165, 1.54) is 6.07 Å². The summed E-state index contributed by atoms with van der Waals surface area (Å²) in [4.78, 5) is 7.04. The fourth-order valence-corrected chi connectivity index (χ4v) is 1.45. The molecule has 0 atom stereocenters. The van der Waals surface area contributed by atoms with Gasteiger partial charge in [0.15, 0.2) is 23.2 Å². The second-order valence-corrected chi connectivity index (χ2v) is 3.90. The molecule has 2 rings (SSSR count). The summed E-state index contributed by atoms with van der Waals surface area (Å²) in [6.45, 7) is -0.433.